The van der Waals surface area contributed by atoms with Gasteiger partial charge in [0.25, 0.3) is 5.91 Å². The number of hydrogen-bond acceptors (Lipinski definition) is 9. The van der Waals surface area contributed by atoms with Gasteiger partial charge in [-0.1, -0.05) is 54.6 Å². The van der Waals surface area contributed by atoms with E-state index < -0.39 is 47.7 Å². The molecule has 0 unspecified atom stereocenters. The van der Waals surface area contributed by atoms with Gasteiger partial charge in [-0.05, 0) is 55.5 Å². The third-order valence-corrected chi connectivity index (χ3v) is 10.0. The highest BCUT2D eigenvalue weighted by molar-refractivity contribution is 6.05. The molecule has 12 heteroatoms. The molecule has 0 aromatic heterocycles. The third kappa shape index (κ3) is 6.79. The average Bonchev–Trinajstić information content (AvgIpc) is 3.77. The van der Waals surface area contributed by atoms with Gasteiger partial charge >= 0.3 is 5.97 Å². The number of fused-ring (bicyclic) bond motifs is 2. The molecule has 4 heterocycles. The predicted octanol–water partition coefficient (Wildman–Crippen LogP) is 3.11. The molecular formula is C38H45N3O9. The number of benzene rings is 2. The van der Waals surface area contributed by atoms with Crippen LogP contribution >= 0.6 is 0 Å². The van der Waals surface area contributed by atoms with Crippen LogP contribution < -0.4 is 15.0 Å². The summed E-state index contributed by atoms with van der Waals surface area (Å²) in [5.74, 6) is -3.04. The largest absolute Gasteiger partial charge is 0.497 e. The maximum atomic E-state index is 14.9. The van der Waals surface area contributed by atoms with Crippen LogP contribution in [0.3, 0.4) is 0 Å². The molecule has 0 aliphatic carbocycles. The van der Waals surface area contributed by atoms with E-state index >= 15 is 0 Å². The maximum Gasteiger partial charge on any atom is 0.313 e. The molecule has 4 aliphatic rings. The normalized spacial score (nSPS) is 30.3. The van der Waals surface area contributed by atoms with E-state index in [2.05, 4.69) is 5.32 Å². The highest BCUT2D eigenvalue weighted by Crippen LogP contribution is 2.56. The molecule has 3 amide bonds. The van der Waals surface area contributed by atoms with Crippen molar-refractivity contribution in [3.05, 3.63) is 84.5 Å². The molecular weight excluding hydrogens is 642 g/mol. The van der Waals surface area contributed by atoms with Crippen LogP contribution in [0.25, 0.3) is 0 Å². The number of hydrogen-bond donors (Lipinski definition) is 2. The van der Waals surface area contributed by atoms with Gasteiger partial charge in [0.2, 0.25) is 11.8 Å². The van der Waals surface area contributed by atoms with E-state index in [4.69, 9.17) is 18.9 Å². The monoisotopic (exact) mass is 687 g/mol. The summed E-state index contributed by atoms with van der Waals surface area (Å²) in [7, 11) is 3.07. The van der Waals surface area contributed by atoms with Crippen molar-refractivity contribution in [2.24, 2.45) is 11.8 Å². The molecule has 1 spiro atoms. The van der Waals surface area contributed by atoms with Crippen LogP contribution in [0.15, 0.2) is 78.9 Å². The van der Waals surface area contributed by atoms with Crippen molar-refractivity contribution in [3.63, 3.8) is 0 Å². The second-order valence-electron chi connectivity index (χ2n) is 13.1. The van der Waals surface area contributed by atoms with Crippen molar-refractivity contribution >= 4 is 29.4 Å². The number of anilines is 1. The number of nitrogens with zero attached hydrogens (tertiary/aromatic N) is 2. The van der Waals surface area contributed by atoms with Gasteiger partial charge in [0.1, 0.15) is 29.4 Å². The lowest BCUT2D eigenvalue weighted by Crippen LogP contribution is -2.56. The molecule has 4 aliphatic heterocycles. The molecule has 2 saturated heterocycles. The molecule has 12 nitrogen and oxygen atoms in total. The van der Waals surface area contributed by atoms with Gasteiger partial charge in [-0.15, -0.1) is 0 Å². The lowest BCUT2D eigenvalue weighted by Gasteiger charge is -2.36. The zero-order chi connectivity index (χ0) is 35.3. The number of carbonyl (C=O) groups excluding carboxylic acids is 4. The fraction of sp³-hybridized carbons (Fsp3) is 0.474. The number of methoxy groups -OCH3 is 2. The Labute approximate surface area is 292 Å². The van der Waals surface area contributed by atoms with Gasteiger partial charge in [-0.25, -0.2) is 0 Å². The second kappa shape index (κ2) is 15.6. The minimum absolute atomic E-state index is 0.0228. The average molecular weight is 688 g/mol. The van der Waals surface area contributed by atoms with E-state index in [1.165, 1.54) is 7.11 Å². The van der Waals surface area contributed by atoms with E-state index in [-0.39, 0.29) is 50.4 Å². The van der Waals surface area contributed by atoms with Crippen LogP contribution in [-0.2, 0) is 33.4 Å². The molecule has 7 atom stereocenters. The van der Waals surface area contributed by atoms with E-state index in [0.29, 0.717) is 42.7 Å². The second-order valence-corrected chi connectivity index (χ2v) is 13.1. The van der Waals surface area contributed by atoms with Gasteiger partial charge in [0.05, 0.1) is 31.8 Å². The number of nitrogens with one attached hydrogen (secondary N) is 1. The SMILES string of the molecule is COC[C@@H]1NC(=O)CC/C=C\CN(c2ccc(OC)cc2)C(=O)[C@H]2N(CCCCCO)C(=O)[C@@H]3[C@@H](C(=O)O[C@H]1c1ccccc1)[C@H]1C=C[C@]32O1. The first-order valence-corrected chi connectivity index (χ1v) is 17.3. The Kier molecular flexibility index (Phi) is 11.0. The highest BCUT2D eigenvalue weighted by Gasteiger charge is 2.73. The molecule has 0 radical (unpaired) electrons. The van der Waals surface area contributed by atoms with Crippen LogP contribution in [0.4, 0.5) is 5.69 Å². The summed E-state index contributed by atoms with van der Waals surface area (Å²) >= 11 is 0. The molecule has 2 aromatic carbocycles. The Morgan fingerprint density at radius 1 is 0.960 bits per heavy atom. The van der Waals surface area contributed by atoms with E-state index in [0.717, 1.165) is 0 Å². The fourth-order valence-electron chi connectivity index (χ4n) is 7.66. The molecule has 0 saturated carbocycles. The summed E-state index contributed by atoms with van der Waals surface area (Å²) in [6, 6.07) is 14.4. The van der Waals surface area contributed by atoms with E-state index in [1.54, 1.807) is 53.3 Å². The number of likely N-dealkylation sites (tertiary alicyclic amines) is 1. The van der Waals surface area contributed by atoms with Crippen molar-refractivity contribution in [2.45, 2.75) is 62.0 Å². The maximum absolute atomic E-state index is 14.9. The van der Waals surface area contributed by atoms with Crippen molar-refractivity contribution < 1.29 is 43.2 Å². The van der Waals surface area contributed by atoms with Crippen LogP contribution in [0.2, 0.25) is 0 Å². The topological polar surface area (TPSA) is 144 Å². The van der Waals surface area contributed by atoms with Crippen LogP contribution in [0.5, 0.6) is 5.75 Å². The van der Waals surface area contributed by atoms with Crippen molar-refractivity contribution in [3.8, 4) is 5.75 Å². The van der Waals surface area contributed by atoms with Gasteiger partial charge in [-0.3, -0.25) is 19.2 Å². The summed E-state index contributed by atoms with van der Waals surface area (Å²) in [5.41, 5.74) is -0.157. The molecule has 2 fully saturated rings. The summed E-state index contributed by atoms with van der Waals surface area (Å²) in [5, 5.41) is 12.4. The molecule has 2 N–H and O–H groups in total. The number of amides is 3. The number of carbonyl (C=O) groups is 4. The number of aliphatic hydroxyl groups excluding tert-OH is 1. The Bertz CT molecular complexity index is 1600. The van der Waals surface area contributed by atoms with Crippen molar-refractivity contribution in [2.75, 3.05) is 45.4 Å². The number of aliphatic hydroxyl groups is 1. The van der Waals surface area contributed by atoms with Gasteiger partial charge in [-0.2, -0.15) is 0 Å². The van der Waals surface area contributed by atoms with Crippen LogP contribution in [-0.4, -0.2) is 98.0 Å². The zero-order valence-electron chi connectivity index (χ0n) is 28.4. The minimum Gasteiger partial charge on any atom is -0.497 e. The smallest absolute Gasteiger partial charge is 0.313 e. The number of ether oxygens (including phenoxy) is 4. The highest BCUT2D eigenvalue weighted by atomic mass is 16.6. The first kappa shape index (κ1) is 35.3. The lowest BCUT2D eigenvalue weighted by molar-refractivity contribution is -0.162. The Morgan fingerprint density at radius 2 is 1.74 bits per heavy atom. The zero-order valence-corrected chi connectivity index (χ0v) is 28.4. The quantitative estimate of drug-likeness (QED) is 0.219. The third-order valence-electron chi connectivity index (χ3n) is 10.0. The molecule has 5 bridgehead atoms. The number of unbranched alkanes of at least 4 members (excludes halogenated alkanes) is 2. The summed E-state index contributed by atoms with van der Waals surface area (Å²) in [6.07, 6.45) is 7.83. The fourth-order valence-corrected chi connectivity index (χ4v) is 7.66. The Balaban J connectivity index is 1.43. The van der Waals surface area contributed by atoms with Crippen molar-refractivity contribution in [1.82, 2.24) is 10.2 Å². The summed E-state index contributed by atoms with van der Waals surface area (Å²) in [4.78, 5) is 60.2. The minimum atomic E-state index is -1.40. The van der Waals surface area contributed by atoms with E-state index in [1.807, 2.05) is 42.5 Å². The number of cyclic esters (lactones) is 1. The van der Waals surface area contributed by atoms with Crippen molar-refractivity contribution in [1.29, 1.82) is 0 Å². The molecule has 50 heavy (non-hydrogen) atoms. The van der Waals surface area contributed by atoms with Crippen LogP contribution in [0.1, 0.15) is 43.8 Å². The first-order valence-electron chi connectivity index (χ1n) is 17.3. The van der Waals surface area contributed by atoms with Gasteiger partial charge < -0.3 is 39.2 Å². The lowest BCUT2D eigenvalue weighted by atomic mass is 9.74. The molecule has 6 rings (SSSR count). The van der Waals surface area contributed by atoms with Crippen LogP contribution in [0, 0.1) is 11.8 Å². The Morgan fingerprint density at radius 3 is 2.46 bits per heavy atom. The Hall–Kier alpha value is -4.52. The standard InChI is InChI=1S/C38H45N3O9/c1-47-24-28-33(25-12-6-3-7-13-25)49-37(46)31-29-19-20-38(50-29)32(31)35(44)41(22-10-5-11-23-42)34(38)36(45)40(21-9-4-8-14-30(43)39-28)26-15-17-27(48-2)18-16-26/h3-4,6-7,9,12-13,15-20,28-29,31-34,42H,5,8,10-11,14,21-24H2,1-2H3,(H,39,43)/b9-4-/t28-,29+,31-,32-,33-,34+,38-/m0/s1. The van der Waals surface area contributed by atoms with E-state index in [9.17, 15) is 24.3 Å². The van der Waals surface area contributed by atoms with Gasteiger partial charge in [0.15, 0.2) is 0 Å². The molecule has 2 aromatic rings. The summed E-state index contributed by atoms with van der Waals surface area (Å²) in [6.45, 7) is 0.505. The predicted molar refractivity (Wildman–Crippen MR) is 183 cm³/mol. The number of allylic oxidation sites excluding steroid dienone is 1. The van der Waals surface area contributed by atoms with Gasteiger partial charge in [0, 0.05) is 38.9 Å². The number of esters is 1. The molecule has 266 valence electrons. The first-order chi connectivity index (χ1) is 24.3. The number of rotatable bonds is 10. The summed E-state index contributed by atoms with van der Waals surface area (Å²) < 4.78 is 23.7.